The number of nitrogens with two attached hydrogens (primary N) is 2. The molecule has 0 radical (unpaired) electrons. The zero-order valence-corrected chi connectivity index (χ0v) is 9.88. The van der Waals surface area contributed by atoms with E-state index in [1.54, 1.807) is 0 Å². The molecule has 4 nitrogen and oxygen atoms in total. The lowest BCUT2D eigenvalue weighted by Crippen LogP contribution is -2.01. The van der Waals surface area contributed by atoms with Crippen LogP contribution in [0.4, 0.5) is 5.95 Å². The first-order chi connectivity index (χ1) is 8.79. The van der Waals surface area contributed by atoms with Crippen molar-refractivity contribution in [2.24, 2.45) is 5.73 Å². The maximum atomic E-state index is 5.98. The minimum absolute atomic E-state index is 0.497. The van der Waals surface area contributed by atoms with E-state index < -0.39 is 0 Å². The highest BCUT2D eigenvalue weighted by Crippen LogP contribution is 2.22. The number of benzene rings is 2. The highest BCUT2D eigenvalue weighted by atomic mass is 15.2. The average Bonchev–Trinajstić information content (AvgIpc) is 2.75. The Kier molecular flexibility index (Phi) is 2.50. The quantitative estimate of drug-likeness (QED) is 0.718. The summed E-state index contributed by atoms with van der Waals surface area (Å²) in [5.74, 6) is 0.497. The Morgan fingerprint density at radius 2 is 1.72 bits per heavy atom. The monoisotopic (exact) mass is 238 g/mol. The highest BCUT2D eigenvalue weighted by Gasteiger charge is 2.08. The maximum absolute atomic E-state index is 5.98. The van der Waals surface area contributed by atoms with Gasteiger partial charge in [-0.05, 0) is 29.8 Å². The van der Waals surface area contributed by atoms with Crippen LogP contribution < -0.4 is 11.5 Å². The molecule has 90 valence electrons. The fourth-order valence-corrected chi connectivity index (χ4v) is 2.10. The lowest BCUT2D eigenvalue weighted by molar-refractivity contribution is 1.06. The summed E-state index contributed by atoms with van der Waals surface area (Å²) in [6, 6.07) is 15.9. The van der Waals surface area contributed by atoms with Gasteiger partial charge in [-0.25, -0.2) is 4.98 Å². The van der Waals surface area contributed by atoms with Gasteiger partial charge in [-0.15, -0.1) is 0 Å². The molecule has 0 amide bonds. The molecule has 4 N–H and O–H groups in total. The van der Waals surface area contributed by atoms with Crippen molar-refractivity contribution < 1.29 is 0 Å². The van der Waals surface area contributed by atoms with Crippen molar-refractivity contribution in [1.82, 2.24) is 9.55 Å². The average molecular weight is 238 g/mol. The molecular formula is C14H14N4. The Hall–Kier alpha value is -2.33. The van der Waals surface area contributed by atoms with Crippen molar-refractivity contribution in [3.05, 3.63) is 54.1 Å². The molecule has 0 aliphatic carbocycles. The number of nitrogens with zero attached hydrogens (tertiary/aromatic N) is 2. The second kappa shape index (κ2) is 4.16. The van der Waals surface area contributed by atoms with Crippen LogP contribution in [0.2, 0.25) is 0 Å². The summed E-state index contributed by atoms with van der Waals surface area (Å²) in [5.41, 5.74) is 15.6. The van der Waals surface area contributed by atoms with Gasteiger partial charge in [-0.1, -0.05) is 24.3 Å². The van der Waals surface area contributed by atoms with Crippen LogP contribution in [0.1, 0.15) is 5.56 Å². The number of fused-ring (bicyclic) bond motifs is 1. The van der Waals surface area contributed by atoms with Gasteiger partial charge in [-0.3, -0.25) is 4.57 Å². The molecule has 4 heteroatoms. The van der Waals surface area contributed by atoms with Crippen LogP contribution in [0, 0.1) is 0 Å². The Labute approximate surface area is 105 Å². The number of nitrogen functional groups attached to an aromatic ring is 1. The fraction of sp³-hybridized carbons (Fsp3) is 0.0714. The Bertz CT molecular complexity index is 683. The highest BCUT2D eigenvalue weighted by molar-refractivity contribution is 5.80. The number of anilines is 1. The van der Waals surface area contributed by atoms with Gasteiger partial charge in [0.2, 0.25) is 5.95 Å². The number of rotatable bonds is 2. The third kappa shape index (κ3) is 1.63. The van der Waals surface area contributed by atoms with Gasteiger partial charge in [0.15, 0.2) is 0 Å². The summed E-state index contributed by atoms with van der Waals surface area (Å²) in [4.78, 5) is 4.35. The first-order valence-corrected chi connectivity index (χ1v) is 5.82. The summed E-state index contributed by atoms with van der Waals surface area (Å²) in [6.45, 7) is 0.542. The summed E-state index contributed by atoms with van der Waals surface area (Å²) >= 11 is 0. The molecule has 0 aliphatic rings. The summed E-state index contributed by atoms with van der Waals surface area (Å²) in [7, 11) is 0. The molecule has 0 bridgehead atoms. The van der Waals surface area contributed by atoms with Gasteiger partial charge in [0, 0.05) is 12.2 Å². The number of aromatic nitrogens is 2. The van der Waals surface area contributed by atoms with Gasteiger partial charge < -0.3 is 11.5 Å². The Morgan fingerprint density at radius 1 is 1.00 bits per heavy atom. The lowest BCUT2D eigenvalue weighted by Gasteiger charge is -2.07. The van der Waals surface area contributed by atoms with E-state index >= 15 is 0 Å². The van der Waals surface area contributed by atoms with Crippen molar-refractivity contribution in [2.75, 3.05) is 5.73 Å². The molecule has 0 unspecified atom stereocenters. The number of imidazole rings is 1. The summed E-state index contributed by atoms with van der Waals surface area (Å²) < 4.78 is 1.94. The molecule has 2 aromatic carbocycles. The van der Waals surface area contributed by atoms with Gasteiger partial charge in [0.25, 0.3) is 0 Å². The summed E-state index contributed by atoms with van der Waals surface area (Å²) in [5, 5.41) is 0. The van der Waals surface area contributed by atoms with Crippen LogP contribution in [-0.2, 0) is 6.54 Å². The minimum atomic E-state index is 0.497. The van der Waals surface area contributed by atoms with Gasteiger partial charge in [-0.2, -0.15) is 0 Å². The van der Waals surface area contributed by atoms with E-state index in [-0.39, 0.29) is 0 Å². The fourth-order valence-electron chi connectivity index (χ4n) is 2.10. The third-order valence-corrected chi connectivity index (χ3v) is 3.02. The molecule has 0 saturated carbocycles. The predicted octanol–water partition coefficient (Wildman–Crippen LogP) is 2.07. The van der Waals surface area contributed by atoms with Crippen LogP contribution in [-0.4, -0.2) is 9.55 Å². The normalized spacial score (nSPS) is 10.9. The zero-order chi connectivity index (χ0) is 12.5. The molecule has 0 spiro atoms. The van der Waals surface area contributed by atoms with Crippen molar-refractivity contribution in [1.29, 1.82) is 0 Å². The second-order valence-electron chi connectivity index (χ2n) is 4.16. The Balaban J connectivity index is 2.20. The molecule has 0 saturated heterocycles. The molecule has 1 heterocycles. The van der Waals surface area contributed by atoms with E-state index in [0.29, 0.717) is 12.5 Å². The van der Waals surface area contributed by atoms with E-state index in [4.69, 9.17) is 11.5 Å². The van der Waals surface area contributed by atoms with E-state index in [9.17, 15) is 0 Å². The van der Waals surface area contributed by atoms with Crippen molar-refractivity contribution in [3.8, 4) is 5.69 Å². The smallest absolute Gasteiger partial charge is 0.205 e. The Morgan fingerprint density at radius 3 is 2.44 bits per heavy atom. The maximum Gasteiger partial charge on any atom is 0.205 e. The van der Waals surface area contributed by atoms with E-state index in [1.165, 1.54) is 0 Å². The second-order valence-corrected chi connectivity index (χ2v) is 4.16. The number of hydrogen-bond acceptors (Lipinski definition) is 3. The number of hydrogen-bond donors (Lipinski definition) is 2. The molecule has 0 fully saturated rings. The summed E-state index contributed by atoms with van der Waals surface area (Å²) in [6.07, 6.45) is 0. The number of para-hydroxylation sites is 2. The molecule has 0 atom stereocenters. The standard InChI is InChI=1S/C14H14N4/c15-9-10-5-7-11(8-6-10)18-13-4-2-1-3-12(13)17-14(18)16/h1-8H,9,15H2,(H2,16,17). The predicted molar refractivity (Wildman–Crippen MR) is 73.4 cm³/mol. The van der Waals surface area contributed by atoms with Crippen LogP contribution >= 0.6 is 0 Å². The van der Waals surface area contributed by atoms with Crippen LogP contribution in [0.3, 0.4) is 0 Å². The molecule has 0 aliphatic heterocycles. The van der Waals surface area contributed by atoms with Gasteiger partial charge in [0.1, 0.15) is 0 Å². The van der Waals surface area contributed by atoms with Crippen LogP contribution in [0.25, 0.3) is 16.7 Å². The topological polar surface area (TPSA) is 69.9 Å². The third-order valence-electron chi connectivity index (χ3n) is 3.02. The van der Waals surface area contributed by atoms with Crippen molar-refractivity contribution in [2.45, 2.75) is 6.54 Å². The van der Waals surface area contributed by atoms with Gasteiger partial charge in [0.05, 0.1) is 11.0 Å². The molecular weight excluding hydrogens is 224 g/mol. The minimum Gasteiger partial charge on any atom is -0.369 e. The molecule has 1 aromatic heterocycles. The SMILES string of the molecule is NCc1ccc(-n2c(N)nc3ccccc32)cc1. The largest absolute Gasteiger partial charge is 0.369 e. The van der Waals surface area contributed by atoms with E-state index in [0.717, 1.165) is 22.3 Å². The van der Waals surface area contributed by atoms with Crippen LogP contribution in [0.5, 0.6) is 0 Å². The van der Waals surface area contributed by atoms with Crippen LogP contribution in [0.15, 0.2) is 48.5 Å². The van der Waals surface area contributed by atoms with Crippen molar-refractivity contribution >= 4 is 17.0 Å². The molecule has 3 rings (SSSR count). The first kappa shape index (κ1) is 10.8. The van der Waals surface area contributed by atoms with E-state index in [1.807, 2.05) is 53.1 Å². The zero-order valence-electron chi connectivity index (χ0n) is 9.88. The molecule has 3 aromatic rings. The first-order valence-electron chi connectivity index (χ1n) is 5.82. The molecule has 18 heavy (non-hydrogen) atoms. The van der Waals surface area contributed by atoms with Crippen molar-refractivity contribution in [3.63, 3.8) is 0 Å². The lowest BCUT2D eigenvalue weighted by atomic mass is 10.2. The van der Waals surface area contributed by atoms with E-state index in [2.05, 4.69) is 4.98 Å². The van der Waals surface area contributed by atoms with Gasteiger partial charge >= 0.3 is 0 Å².